The number of hydrogen-bond acceptors (Lipinski definition) is 6. The van der Waals surface area contributed by atoms with Crippen molar-refractivity contribution in [2.24, 2.45) is 0 Å². The minimum Gasteiger partial charge on any atom is -0.462 e. The van der Waals surface area contributed by atoms with E-state index < -0.39 is 6.10 Å². The fourth-order valence-corrected chi connectivity index (χ4v) is 6.65. The Morgan fingerprint density at radius 3 is 1.00 bits per heavy atom. The highest BCUT2D eigenvalue weighted by Gasteiger charge is 2.19. The summed E-state index contributed by atoms with van der Waals surface area (Å²) in [4.78, 5) is 37.9. The van der Waals surface area contributed by atoms with Crippen LogP contribution < -0.4 is 0 Å². The molecule has 0 bridgehead atoms. The predicted octanol–water partition coefficient (Wildman–Crippen LogP) is 16.8. The highest BCUT2D eigenvalue weighted by Crippen LogP contribution is 2.13. The minimum absolute atomic E-state index is 0.104. The van der Waals surface area contributed by atoms with Crippen molar-refractivity contribution in [1.29, 1.82) is 0 Å². The molecule has 356 valence electrons. The van der Waals surface area contributed by atoms with E-state index in [9.17, 15) is 14.4 Å². The first-order valence-electron chi connectivity index (χ1n) is 25.5. The lowest BCUT2D eigenvalue weighted by Gasteiger charge is -2.18. The number of carbonyl (C=O) groups excluding carboxylic acids is 3. The van der Waals surface area contributed by atoms with Crippen LogP contribution in [0.4, 0.5) is 0 Å². The lowest BCUT2D eigenvalue weighted by atomic mass is 10.1. The van der Waals surface area contributed by atoms with Crippen LogP contribution in [0.5, 0.6) is 0 Å². The molecular weight excluding hydrogens is 781 g/mol. The molecule has 0 spiro atoms. The van der Waals surface area contributed by atoms with Crippen molar-refractivity contribution in [3.05, 3.63) is 109 Å². The molecule has 0 aliphatic rings. The van der Waals surface area contributed by atoms with E-state index in [1.807, 2.05) is 72.9 Å². The van der Waals surface area contributed by atoms with Crippen molar-refractivity contribution in [1.82, 2.24) is 0 Å². The molecule has 63 heavy (non-hydrogen) atoms. The molecule has 0 rings (SSSR count). The van der Waals surface area contributed by atoms with Crippen LogP contribution in [0.3, 0.4) is 0 Å². The standard InChI is InChI=1S/C57H92O6/c1-4-7-10-13-16-19-22-24-26-28-29-30-32-33-35-38-41-44-47-50-56(59)62-53-54(52-61-55(58)49-46-43-40-37-21-18-15-12-9-6-3)63-57(60)51-48-45-42-39-36-34-31-27-25-23-20-17-14-11-8-5-2/h7,10,13,16,19,22,24,26-36,54H,4-6,8-9,11-12,14-15,17-18,20-21,23,25,37-53H2,1-3H3/b10-7-,16-13-,22-19-,26-24-,29-28+,31-27-,32-30-,35-33-,36-34-. The van der Waals surface area contributed by atoms with Crippen molar-refractivity contribution < 1.29 is 28.6 Å². The molecule has 0 radical (unpaired) electrons. The third-order valence-corrected chi connectivity index (χ3v) is 10.5. The van der Waals surface area contributed by atoms with Gasteiger partial charge >= 0.3 is 17.9 Å². The molecule has 0 saturated carbocycles. The summed E-state index contributed by atoms with van der Waals surface area (Å²) < 4.78 is 16.7. The molecule has 0 heterocycles. The van der Waals surface area contributed by atoms with Crippen LogP contribution in [-0.2, 0) is 28.6 Å². The van der Waals surface area contributed by atoms with Gasteiger partial charge in [-0.25, -0.2) is 0 Å². The molecule has 0 aromatic carbocycles. The second kappa shape index (κ2) is 50.7. The first-order valence-corrected chi connectivity index (χ1v) is 25.5. The van der Waals surface area contributed by atoms with Gasteiger partial charge in [0.15, 0.2) is 6.10 Å². The van der Waals surface area contributed by atoms with Gasteiger partial charge in [-0.2, -0.15) is 0 Å². The lowest BCUT2D eigenvalue weighted by Crippen LogP contribution is -2.30. The van der Waals surface area contributed by atoms with Crippen LogP contribution >= 0.6 is 0 Å². The monoisotopic (exact) mass is 873 g/mol. The number of unbranched alkanes of at least 4 members (excludes halogenated alkanes) is 22. The third kappa shape index (κ3) is 49.0. The first-order chi connectivity index (χ1) is 31.0. The Kier molecular flexibility index (Phi) is 47.5. The van der Waals surface area contributed by atoms with Crippen LogP contribution in [0, 0.1) is 0 Å². The summed E-state index contributed by atoms with van der Waals surface area (Å²) in [5.41, 5.74) is 0. The largest absolute Gasteiger partial charge is 0.462 e. The lowest BCUT2D eigenvalue weighted by molar-refractivity contribution is -0.167. The summed E-state index contributed by atoms with van der Waals surface area (Å²) in [6.45, 7) is 6.40. The molecule has 1 unspecified atom stereocenters. The molecule has 0 amide bonds. The van der Waals surface area contributed by atoms with Gasteiger partial charge in [-0.1, -0.05) is 239 Å². The number of ether oxygens (including phenoxy) is 3. The molecular formula is C57H92O6. The van der Waals surface area contributed by atoms with Gasteiger partial charge < -0.3 is 14.2 Å². The van der Waals surface area contributed by atoms with E-state index in [1.165, 1.54) is 89.9 Å². The highest BCUT2D eigenvalue weighted by molar-refractivity contribution is 5.71. The molecule has 1 atom stereocenters. The van der Waals surface area contributed by atoms with Crippen molar-refractivity contribution in [3.8, 4) is 0 Å². The maximum atomic E-state index is 12.8. The van der Waals surface area contributed by atoms with Gasteiger partial charge in [0.2, 0.25) is 0 Å². The van der Waals surface area contributed by atoms with Crippen molar-refractivity contribution in [3.63, 3.8) is 0 Å². The van der Waals surface area contributed by atoms with Gasteiger partial charge in [0.25, 0.3) is 0 Å². The van der Waals surface area contributed by atoms with Gasteiger partial charge in [-0.05, 0) is 64.2 Å². The molecule has 0 aromatic heterocycles. The van der Waals surface area contributed by atoms with E-state index in [0.29, 0.717) is 12.8 Å². The molecule has 0 fully saturated rings. The van der Waals surface area contributed by atoms with E-state index in [2.05, 4.69) is 57.2 Å². The normalized spacial score (nSPS) is 13.0. The Bertz CT molecular complexity index is 1330. The van der Waals surface area contributed by atoms with E-state index in [4.69, 9.17) is 14.2 Å². The van der Waals surface area contributed by atoms with Gasteiger partial charge in [0.05, 0.1) is 0 Å². The second-order valence-corrected chi connectivity index (χ2v) is 16.6. The zero-order chi connectivity index (χ0) is 45.8. The Balaban J connectivity index is 4.52. The van der Waals surface area contributed by atoms with Crippen LogP contribution in [0.2, 0.25) is 0 Å². The average molecular weight is 873 g/mol. The van der Waals surface area contributed by atoms with E-state index in [-0.39, 0.29) is 37.5 Å². The van der Waals surface area contributed by atoms with Gasteiger partial charge in [0, 0.05) is 19.3 Å². The molecule has 0 N–H and O–H groups in total. The highest BCUT2D eigenvalue weighted by atomic mass is 16.6. The van der Waals surface area contributed by atoms with Crippen molar-refractivity contribution >= 4 is 17.9 Å². The summed E-state index contributed by atoms with van der Waals surface area (Å²) in [6, 6.07) is 0. The number of hydrogen-bond donors (Lipinski definition) is 0. The van der Waals surface area contributed by atoms with Gasteiger partial charge in [0.1, 0.15) is 13.2 Å². The van der Waals surface area contributed by atoms with Crippen molar-refractivity contribution in [2.45, 2.75) is 219 Å². The molecule has 6 heteroatoms. The molecule has 6 nitrogen and oxygen atoms in total. The predicted molar refractivity (Wildman–Crippen MR) is 270 cm³/mol. The third-order valence-electron chi connectivity index (χ3n) is 10.5. The minimum atomic E-state index is -0.810. The molecule has 0 aliphatic carbocycles. The zero-order valence-corrected chi connectivity index (χ0v) is 40.5. The maximum Gasteiger partial charge on any atom is 0.306 e. The van der Waals surface area contributed by atoms with Crippen molar-refractivity contribution in [2.75, 3.05) is 13.2 Å². The summed E-state index contributed by atoms with van der Waals surface area (Å²) in [6.07, 6.45) is 67.8. The molecule has 0 aromatic rings. The van der Waals surface area contributed by atoms with E-state index in [0.717, 1.165) is 83.5 Å². The van der Waals surface area contributed by atoms with Gasteiger partial charge in [-0.15, -0.1) is 0 Å². The van der Waals surface area contributed by atoms with E-state index >= 15 is 0 Å². The summed E-state index contributed by atoms with van der Waals surface area (Å²) in [5, 5.41) is 0. The molecule has 0 saturated heterocycles. The Morgan fingerprint density at radius 1 is 0.333 bits per heavy atom. The smallest absolute Gasteiger partial charge is 0.306 e. The van der Waals surface area contributed by atoms with Gasteiger partial charge in [-0.3, -0.25) is 14.4 Å². The second-order valence-electron chi connectivity index (χ2n) is 16.6. The fraction of sp³-hybridized carbons (Fsp3) is 0.632. The summed E-state index contributed by atoms with van der Waals surface area (Å²) >= 11 is 0. The maximum absolute atomic E-state index is 12.8. The summed E-state index contributed by atoms with van der Waals surface area (Å²) in [5.74, 6) is -0.985. The zero-order valence-electron chi connectivity index (χ0n) is 40.5. The fourth-order valence-electron chi connectivity index (χ4n) is 6.65. The van der Waals surface area contributed by atoms with E-state index in [1.54, 1.807) is 0 Å². The quantitative estimate of drug-likeness (QED) is 0.0263. The Labute approximate surface area is 387 Å². The number of carbonyl (C=O) groups is 3. The Morgan fingerprint density at radius 2 is 0.619 bits per heavy atom. The van der Waals surface area contributed by atoms with Crippen LogP contribution in [0.25, 0.3) is 0 Å². The average Bonchev–Trinajstić information content (AvgIpc) is 3.28. The number of rotatable bonds is 44. The first kappa shape index (κ1) is 59.1. The topological polar surface area (TPSA) is 78.9 Å². The SMILES string of the molecule is CC\C=C/C=C\C=C/C=C\C=C\C=C/C=C\CCCCCC(=O)OCC(COC(=O)CCCCCCCCCCCC)OC(=O)CCCCC/C=C\C=C/CCCCCCCCC. The molecule has 0 aliphatic heterocycles. The number of esters is 3. The van der Waals surface area contributed by atoms with Crippen LogP contribution in [-0.4, -0.2) is 37.2 Å². The number of allylic oxidation sites excluding steroid dienone is 18. The van der Waals surface area contributed by atoms with Crippen LogP contribution in [0.15, 0.2) is 109 Å². The Hall–Kier alpha value is -3.93. The summed E-state index contributed by atoms with van der Waals surface area (Å²) in [7, 11) is 0. The van der Waals surface area contributed by atoms with Crippen LogP contribution in [0.1, 0.15) is 213 Å².